The standard InChI is InChI=1S/C48H43NO2/c1-5-7-9-10-11-17-31-48(4)41-25-15-13-23-39(41)40-30-29-36(33-42(40)48)49(44-27-19-24-37(47(44)50)34(3)20-12-8-6-2)43-26-18-21-35-32-46(43)51-45-28-16-14-22-38(35)45/h5-6,8-30,32-33,46,50H,1,3,7,31H2,2,4H3/b8-6-,10-9-,17-11-,20-12-. The molecule has 0 radical (unpaired) electrons. The predicted molar refractivity (Wildman–Crippen MR) is 215 cm³/mol. The first-order valence-electron chi connectivity index (χ1n) is 17.6. The van der Waals surface area contributed by atoms with Crippen LogP contribution in [0.25, 0.3) is 22.3 Å². The number of phenolic OH excluding ortho intramolecular Hbond substituents is 1. The molecule has 0 saturated carbocycles. The van der Waals surface area contributed by atoms with Gasteiger partial charge in [0.05, 0.1) is 11.4 Å². The molecule has 0 aromatic heterocycles. The van der Waals surface area contributed by atoms with E-state index in [0.29, 0.717) is 11.3 Å². The minimum atomic E-state index is -0.395. The molecule has 0 amide bonds. The Morgan fingerprint density at radius 3 is 2.51 bits per heavy atom. The molecule has 4 aromatic carbocycles. The lowest BCUT2D eigenvalue weighted by molar-refractivity contribution is 0.277. The molecule has 0 fully saturated rings. The quantitative estimate of drug-likeness (QED) is 0.128. The van der Waals surface area contributed by atoms with Gasteiger partial charge >= 0.3 is 0 Å². The van der Waals surface area contributed by atoms with Gasteiger partial charge in [0.1, 0.15) is 11.5 Å². The summed E-state index contributed by atoms with van der Waals surface area (Å²) in [4.78, 5) is 2.15. The van der Waals surface area contributed by atoms with E-state index in [9.17, 15) is 5.11 Å². The van der Waals surface area contributed by atoms with Gasteiger partial charge in [-0.15, -0.1) is 6.58 Å². The number of rotatable bonds is 11. The third kappa shape index (κ3) is 6.28. The van der Waals surface area contributed by atoms with Crippen molar-refractivity contribution >= 4 is 22.5 Å². The summed E-state index contributed by atoms with van der Waals surface area (Å²) < 4.78 is 6.71. The van der Waals surface area contributed by atoms with Gasteiger partial charge in [-0.3, -0.25) is 0 Å². The van der Waals surface area contributed by atoms with E-state index in [0.717, 1.165) is 46.7 Å². The monoisotopic (exact) mass is 665 g/mol. The first-order valence-corrected chi connectivity index (χ1v) is 17.6. The second kappa shape index (κ2) is 14.4. The molecule has 4 aromatic rings. The maximum atomic E-state index is 12.1. The molecule has 252 valence electrons. The van der Waals surface area contributed by atoms with Gasteiger partial charge in [-0.2, -0.15) is 0 Å². The van der Waals surface area contributed by atoms with E-state index in [-0.39, 0.29) is 11.2 Å². The normalized spacial score (nSPS) is 18.7. The first kappa shape index (κ1) is 33.4. The van der Waals surface area contributed by atoms with Crippen LogP contribution in [0.15, 0.2) is 183 Å². The van der Waals surface area contributed by atoms with Gasteiger partial charge in [-0.05, 0) is 89.6 Å². The van der Waals surface area contributed by atoms with Gasteiger partial charge in [0, 0.05) is 22.2 Å². The third-order valence-electron chi connectivity index (χ3n) is 9.96. The number of anilines is 2. The maximum absolute atomic E-state index is 12.1. The number of ether oxygens (including phenoxy) is 1. The molecule has 3 nitrogen and oxygen atoms in total. The second-order valence-electron chi connectivity index (χ2n) is 13.2. The Labute approximate surface area is 302 Å². The third-order valence-corrected chi connectivity index (χ3v) is 9.96. The largest absolute Gasteiger partial charge is 0.505 e. The molecule has 3 heteroatoms. The lowest BCUT2D eigenvalue weighted by Gasteiger charge is -2.35. The van der Waals surface area contributed by atoms with Gasteiger partial charge in [0.25, 0.3) is 0 Å². The minimum Gasteiger partial charge on any atom is -0.505 e. The van der Waals surface area contributed by atoms with E-state index in [4.69, 9.17) is 4.74 Å². The Balaban J connectivity index is 1.38. The van der Waals surface area contributed by atoms with Crippen LogP contribution in [0.1, 0.15) is 48.9 Å². The van der Waals surface area contributed by atoms with Crippen molar-refractivity contribution in [1.82, 2.24) is 0 Å². The number of para-hydroxylation sites is 2. The van der Waals surface area contributed by atoms with E-state index in [2.05, 4.69) is 122 Å². The summed E-state index contributed by atoms with van der Waals surface area (Å²) in [5.74, 6) is 0.992. The molecule has 0 saturated heterocycles. The molecule has 3 aliphatic rings. The number of fused-ring (bicyclic) bond motifs is 6. The van der Waals surface area contributed by atoms with Crippen molar-refractivity contribution in [2.24, 2.45) is 0 Å². The van der Waals surface area contributed by atoms with Crippen LogP contribution in [0.2, 0.25) is 0 Å². The van der Waals surface area contributed by atoms with Gasteiger partial charge in [0.2, 0.25) is 0 Å². The molecule has 1 heterocycles. The van der Waals surface area contributed by atoms with Crippen molar-refractivity contribution in [2.45, 2.75) is 38.2 Å². The SMILES string of the molecule is C=CC/C=C\C=C/CC1(C)c2ccccc2-c2ccc(N(C3=CC=CC4=CC3Oc3ccccc34)c3cccc(C(=C)/C=C\C=C/C)c3O)cc21. The van der Waals surface area contributed by atoms with Crippen molar-refractivity contribution in [3.63, 3.8) is 0 Å². The Morgan fingerprint density at radius 1 is 0.882 bits per heavy atom. The molecule has 1 N–H and O–H groups in total. The predicted octanol–water partition coefficient (Wildman–Crippen LogP) is 12.3. The highest BCUT2D eigenvalue weighted by molar-refractivity contribution is 5.89. The van der Waals surface area contributed by atoms with Gasteiger partial charge in [-0.1, -0.05) is 141 Å². The molecule has 0 spiro atoms. The fourth-order valence-electron chi connectivity index (χ4n) is 7.40. The minimum absolute atomic E-state index is 0.156. The van der Waals surface area contributed by atoms with Gasteiger partial charge < -0.3 is 14.7 Å². The van der Waals surface area contributed by atoms with Crippen LogP contribution in [0.4, 0.5) is 11.4 Å². The Bertz CT molecular complexity index is 2220. The van der Waals surface area contributed by atoms with Crippen LogP contribution in [-0.2, 0) is 5.41 Å². The molecule has 2 aliphatic carbocycles. The Hall–Kier alpha value is -6.06. The zero-order valence-electron chi connectivity index (χ0n) is 29.3. The number of hydrogen-bond donors (Lipinski definition) is 1. The smallest absolute Gasteiger partial charge is 0.158 e. The molecule has 7 rings (SSSR count). The highest BCUT2D eigenvalue weighted by Gasteiger charge is 2.39. The van der Waals surface area contributed by atoms with Gasteiger partial charge in [-0.25, -0.2) is 0 Å². The van der Waals surface area contributed by atoms with E-state index in [1.165, 1.54) is 22.3 Å². The van der Waals surface area contributed by atoms with Crippen molar-refractivity contribution in [3.05, 3.63) is 205 Å². The van der Waals surface area contributed by atoms with E-state index >= 15 is 0 Å². The van der Waals surface area contributed by atoms with Crippen molar-refractivity contribution in [2.75, 3.05) is 4.90 Å². The van der Waals surface area contributed by atoms with E-state index in [1.54, 1.807) is 0 Å². The highest BCUT2D eigenvalue weighted by Crippen LogP contribution is 2.53. The molecular weight excluding hydrogens is 623 g/mol. The second-order valence-corrected chi connectivity index (χ2v) is 13.2. The number of aromatic hydroxyl groups is 1. The molecule has 2 bridgehead atoms. The van der Waals surface area contributed by atoms with Crippen LogP contribution in [0.3, 0.4) is 0 Å². The fraction of sp³-hybridized carbons (Fsp3) is 0.125. The molecule has 51 heavy (non-hydrogen) atoms. The van der Waals surface area contributed by atoms with E-state index in [1.807, 2.05) is 73.7 Å². The van der Waals surface area contributed by atoms with Crippen molar-refractivity contribution in [1.29, 1.82) is 0 Å². The van der Waals surface area contributed by atoms with Crippen molar-refractivity contribution in [3.8, 4) is 22.6 Å². The summed E-state index contributed by atoms with van der Waals surface area (Å²) in [5.41, 5.74) is 10.8. The summed E-state index contributed by atoms with van der Waals surface area (Å²) in [6.45, 7) is 12.4. The van der Waals surface area contributed by atoms with Crippen molar-refractivity contribution < 1.29 is 9.84 Å². The Kier molecular flexibility index (Phi) is 9.46. The van der Waals surface area contributed by atoms with Gasteiger partial charge in [0.15, 0.2) is 6.10 Å². The van der Waals surface area contributed by atoms with Crippen LogP contribution >= 0.6 is 0 Å². The summed E-state index contributed by atoms with van der Waals surface area (Å²) in [5, 5.41) is 12.1. The summed E-state index contributed by atoms with van der Waals surface area (Å²) >= 11 is 0. The number of allylic oxidation sites excluding steroid dienone is 14. The first-order chi connectivity index (χ1) is 24.9. The summed E-state index contributed by atoms with van der Waals surface area (Å²) in [6, 6.07) is 29.5. The zero-order valence-corrected chi connectivity index (χ0v) is 29.3. The molecule has 1 aliphatic heterocycles. The molecular formula is C48H43NO2. The van der Waals surface area contributed by atoms with Crippen LogP contribution in [0.5, 0.6) is 11.5 Å². The number of phenols is 1. The average molecular weight is 666 g/mol. The van der Waals surface area contributed by atoms with Crippen LogP contribution < -0.4 is 9.64 Å². The summed E-state index contributed by atoms with van der Waals surface area (Å²) in [6.07, 6.45) is 28.1. The van der Waals surface area contributed by atoms with Crippen LogP contribution in [-0.4, -0.2) is 11.2 Å². The van der Waals surface area contributed by atoms with E-state index < -0.39 is 6.10 Å². The maximum Gasteiger partial charge on any atom is 0.158 e. The molecule has 2 atom stereocenters. The average Bonchev–Trinajstić information content (AvgIpc) is 3.27. The highest BCUT2D eigenvalue weighted by atomic mass is 16.5. The summed E-state index contributed by atoms with van der Waals surface area (Å²) in [7, 11) is 0. The fourth-order valence-corrected chi connectivity index (χ4v) is 7.40. The number of benzene rings is 4. The molecule has 2 unspecified atom stereocenters. The zero-order chi connectivity index (χ0) is 35.4. The van der Waals surface area contributed by atoms with Crippen LogP contribution in [0, 0.1) is 0 Å². The topological polar surface area (TPSA) is 32.7 Å². The lowest BCUT2D eigenvalue weighted by atomic mass is 9.77. The number of hydrogen-bond acceptors (Lipinski definition) is 3. The lowest BCUT2D eigenvalue weighted by Crippen LogP contribution is -2.31. The Morgan fingerprint density at radius 2 is 1.67 bits per heavy atom. The number of nitrogens with zero attached hydrogens (tertiary/aromatic N) is 1.